The maximum Gasteiger partial charge on any atom is 0.321 e. The highest BCUT2D eigenvalue weighted by molar-refractivity contribution is 7.89. The molecule has 0 atom stereocenters. The Morgan fingerprint density at radius 3 is 2.40 bits per heavy atom. The van der Waals surface area contributed by atoms with Crippen LogP contribution in [0.3, 0.4) is 0 Å². The molecule has 1 aromatic carbocycles. The molecule has 3 N–H and O–H groups in total. The first-order valence-corrected chi connectivity index (χ1v) is 7.64. The minimum atomic E-state index is -3.93. The van der Waals surface area contributed by atoms with E-state index in [1.54, 1.807) is 11.0 Å². The highest BCUT2D eigenvalue weighted by Crippen LogP contribution is 2.26. The van der Waals surface area contributed by atoms with Crippen molar-refractivity contribution in [2.45, 2.75) is 18.7 Å². The second kappa shape index (κ2) is 6.58. The van der Waals surface area contributed by atoms with Crippen molar-refractivity contribution in [2.75, 3.05) is 25.5 Å². The summed E-state index contributed by atoms with van der Waals surface area (Å²) >= 11 is 0. The average molecular weight is 301 g/mol. The van der Waals surface area contributed by atoms with E-state index >= 15 is 0 Å². The number of sulfonamides is 1. The Balaban J connectivity index is 3.07. The van der Waals surface area contributed by atoms with Crippen molar-refractivity contribution in [1.29, 1.82) is 0 Å². The lowest BCUT2D eigenvalue weighted by atomic mass is 10.3. The number of amides is 2. The van der Waals surface area contributed by atoms with Crippen LogP contribution in [0.25, 0.3) is 0 Å². The number of ether oxygens (including phenoxy) is 1. The van der Waals surface area contributed by atoms with Gasteiger partial charge in [0.25, 0.3) is 0 Å². The van der Waals surface area contributed by atoms with Gasteiger partial charge in [-0.3, -0.25) is 0 Å². The number of carbonyl (C=O) groups excluding carboxylic acids is 1. The molecule has 0 radical (unpaired) electrons. The first kappa shape index (κ1) is 16.3. The average Bonchev–Trinajstić information content (AvgIpc) is 2.39. The second-order valence-corrected chi connectivity index (χ2v) is 5.54. The molecular formula is C12H19N3O4S. The zero-order valence-electron chi connectivity index (χ0n) is 11.7. The summed E-state index contributed by atoms with van der Waals surface area (Å²) in [7, 11) is -2.58. The zero-order valence-corrected chi connectivity index (χ0v) is 12.5. The molecule has 0 aliphatic rings. The van der Waals surface area contributed by atoms with Crippen LogP contribution in [-0.2, 0) is 10.0 Å². The summed E-state index contributed by atoms with van der Waals surface area (Å²) < 4.78 is 27.9. The van der Waals surface area contributed by atoms with Gasteiger partial charge in [0.2, 0.25) is 10.0 Å². The van der Waals surface area contributed by atoms with Crippen molar-refractivity contribution in [3.63, 3.8) is 0 Å². The number of primary sulfonamides is 1. The SMILES string of the molecule is CCN(CC)C(=O)Nc1ccc(OC)c(S(N)(=O)=O)c1. The van der Waals surface area contributed by atoms with Gasteiger partial charge in [-0.2, -0.15) is 0 Å². The molecule has 7 nitrogen and oxygen atoms in total. The van der Waals surface area contributed by atoms with Crippen molar-refractivity contribution in [3.8, 4) is 5.75 Å². The Hall–Kier alpha value is -1.80. The summed E-state index contributed by atoms with van der Waals surface area (Å²) in [6, 6.07) is 3.96. The van der Waals surface area contributed by atoms with Crippen LogP contribution in [0.5, 0.6) is 5.75 Å². The lowest BCUT2D eigenvalue weighted by Gasteiger charge is -2.19. The molecule has 0 unspecified atom stereocenters. The Morgan fingerprint density at radius 2 is 1.95 bits per heavy atom. The van der Waals surface area contributed by atoms with E-state index in [-0.39, 0.29) is 16.7 Å². The molecular weight excluding hydrogens is 282 g/mol. The van der Waals surface area contributed by atoms with Gasteiger partial charge in [-0.25, -0.2) is 18.4 Å². The highest BCUT2D eigenvalue weighted by atomic mass is 32.2. The number of hydrogen-bond donors (Lipinski definition) is 2. The fraction of sp³-hybridized carbons (Fsp3) is 0.417. The van der Waals surface area contributed by atoms with Crippen molar-refractivity contribution < 1.29 is 17.9 Å². The molecule has 112 valence electrons. The van der Waals surface area contributed by atoms with Crippen molar-refractivity contribution in [2.24, 2.45) is 5.14 Å². The number of hydrogen-bond acceptors (Lipinski definition) is 4. The Labute approximate surface area is 118 Å². The smallest absolute Gasteiger partial charge is 0.321 e. The van der Waals surface area contributed by atoms with Crippen LogP contribution in [0, 0.1) is 0 Å². The Bertz CT molecular complexity index is 582. The predicted octanol–water partition coefficient (Wildman–Crippen LogP) is 1.22. The maximum absolute atomic E-state index is 11.9. The number of urea groups is 1. The zero-order chi connectivity index (χ0) is 15.3. The minimum absolute atomic E-state index is 0.133. The molecule has 0 bridgehead atoms. The number of nitrogens with two attached hydrogens (primary N) is 1. The van der Waals surface area contributed by atoms with Gasteiger partial charge in [0.05, 0.1) is 7.11 Å². The van der Waals surface area contributed by atoms with Crippen LogP contribution in [0.2, 0.25) is 0 Å². The second-order valence-electron chi connectivity index (χ2n) is 4.01. The first-order chi connectivity index (χ1) is 9.33. The molecule has 0 spiro atoms. The summed E-state index contributed by atoms with van der Waals surface area (Å²) in [6.07, 6.45) is 0. The highest BCUT2D eigenvalue weighted by Gasteiger charge is 2.17. The van der Waals surface area contributed by atoms with Gasteiger partial charge in [0.1, 0.15) is 10.6 Å². The van der Waals surface area contributed by atoms with E-state index < -0.39 is 10.0 Å². The third-order valence-corrected chi connectivity index (χ3v) is 3.70. The monoisotopic (exact) mass is 301 g/mol. The number of rotatable bonds is 5. The van der Waals surface area contributed by atoms with Crippen molar-refractivity contribution in [3.05, 3.63) is 18.2 Å². The van der Waals surface area contributed by atoms with E-state index in [0.29, 0.717) is 18.8 Å². The summed E-state index contributed by atoms with van der Waals surface area (Å²) in [5.74, 6) is 0.133. The fourth-order valence-corrected chi connectivity index (χ4v) is 2.41. The van der Waals surface area contributed by atoms with Crippen LogP contribution in [0.1, 0.15) is 13.8 Å². The number of anilines is 1. The molecule has 1 aromatic rings. The van der Waals surface area contributed by atoms with E-state index in [9.17, 15) is 13.2 Å². The number of nitrogens with zero attached hydrogens (tertiary/aromatic N) is 1. The lowest BCUT2D eigenvalue weighted by Crippen LogP contribution is -2.34. The van der Waals surface area contributed by atoms with Crippen LogP contribution >= 0.6 is 0 Å². The third-order valence-electron chi connectivity index (χ3n) is 2.77. The Kier molecular flexibility index (Phi) is 5.34. The van der Waals surface area contributed by atoms with Gasteiger partial charge in [0.15, 0.2) is 0 Å². The van der Waals surface area contributed by atoms with E-state index in [1.165, 1.54) is 19.2 Å². The number of carbonyl (C=O) groups is 1. The molecule has 0 saturated heterocycles. The van der Waals surface area contributed by atoms with Gasteiger partial charge in [-0.15, -0.1) is 0 Å². The number of methoxy groups -OCH3 is 1. The Morgan fingerprint density at radius 1 is 1.35 bits per heavy atom. The summed E-state index contributed by atoms with van der Waals surface area (Å²) in [4.78, 5) is 13.3. The van der Waals surface area contributed by atoms with E-state index in [1.807, 2.05) is 13.8 Å². The molecule has 8 heteroatoms. The molecule has 1 rings (SSSR count). The predicted molar refractivity (Wildman–Crippen MR) is 76.3 cm³/mol. The fourth-order valence-electron chi connectivity index (χ4n) is 1.69. The third kappa shape index (κ3) is 3.84. The molecule has 20 heavy (non-hydrogen) atoms. The quantitative estimate of drug-likeness (QED) is 0.853. The molecule has 0 heterocycles. The minimum Gasteiger partial charge on any atom is -0.495 e. The molecule has 0 aliphatic carbocycles. The van der Waals surface area contributed by atoms with Crippen LogP contribution in [-0.4, -0.2) is 39.5 Å². The van der Waals surface area contributed by atoms with Crippen molar-refractivity contribution in [1.82, 2.24) is 4.90 Å². The van der Waals surface area contributed by atoms with Crippen LogP contribution < -0.4 is 15.2 Å². The number of benzene rings is 1. The van der Waals surface area contributed by atoms with E-state index in [2.05, 4.69) is 5.32 Å². The van der Waals surface area contributed by atoms with E-state index in [4.69, 9.17) is 9.88 Å². The summed E-state index contributed by atoms with van der Waals surface area (Å²) in [6.45, 7) is 4.82. The van der Waals surface area contributed by atoms with Gasteiger partial charge >= 0.3 is 6.03 Å². The van der Waals surface area contributed by atoms with Crippen LogP contribution in [0.15, 0.2) is 23.1 Å². The molecule has 0 fully saturated rings. The molecule has 0 aliphatic heterocycles. The van der Waals surface area contributed by atoms with E-state index in [0.717, 1.165) is 0 Å². The largest absolute Gasteiger partial charge is 0.495 e. The lowest BCUT2D eigenvalue weighted by molar-refractivity contribution is 0.217. The maximum atomic E-state index is 11.9. The molecule has 2 amide bonds. The van der Waals surface area contributed by atoms with Crippen LogP contribution in [0.4, 0.5) is 10.5 Å². The van der Waals surface area contributed by atoms with Crippen molar-refractivity contribution >= 4 is 21.7 Å². The first-order valence-electron chi connectivity index (χ1n) is 6.10. The number of nitrogens with one attached hydrogen (secondary N) is 1. The molecule has 0 saturated carbocycles. The normalized spacial score (nSPS) is 11.0. The topological polar surface area (TPSA) is 102 Å². The summed E-state index contributed by atoms with van der Waals surface area (Å²) in [5, 5.41) is 7.73. The van der Waals surface area contributed by atoms with Gasteiger partial charge in [-0.05, 0) is 32.0 Å². The van der Waals surface area contributed by atoms with Gasteiger partial charge < -0.3 is 15.0 Å². The van der Waals surface area contributed by atoms with Gasteiger partial charge in [-0.1, -0.05) is 0 Å². The van der Waals surface area contributed by atoms with Gasteiger partial charge in [0, 0.05) is 18.8 Å². The standard InChI is InChI=1S/C12H19N3O4S/c1-4-15(5-2)12(16)14-9-6-7-10(19-3)11(8-9)20(13,17)18/h6-8H,4-5H2,1-3H3,(H,14,16)(H2,13,17,18). The summed E-state index contributed by atoms with van der Waals surface area (Å²) in [5.41, 5.74) is 0.340. The molecule has 0 aromatic heterocycles.